The molecule has 0 aliphatic rings. The predicted octanol–water partition coefficient (Wildman–Crippen LogP) is 2.30. The molecule has 0 saturated heterocycles. The van der Waals surface area contributed by atoms with Crippen LogP contribution in [0.3, 0.4) is 0 Å². The van der Waals surface area contributed by atoms with Crippen LogP contribution in [-0.4, -0.2) is 11.9 Å². The number of hydrogen-bond donors (Lipinski definition) is 0. The molecule has 0 bridgehead atoms. The number of benzene rings is 1. The van der Waals surface area contributed by atoms with E-state index in [4.69, 9.17) is 4.84 Å². The first-order chi connectivity index (χ1) is 7.65. The van der Waals surface area contributed by atoms with E-state index < -0.39 is 5.97 Å². The summed E-state index contributed by atoms with van der Waals surface area (Å²) in [6.07, 6.45) is 1.06. The summed E-state index contributed by atoms with van der Waals surface area (Å²) < 4.78 is 0. The lowest BCUT2D eigenvalue weighted by Gasteiger charge is -2.19. The van der Waals surface area contributed by atoms with Crippen LogP contribution in [0.1, 0.15) is 26.7 Å². The summed E-state index contributed by atoms with van der Waals surface area (Å²) >= 11 is 0. The summed E-state index contributed by atoms with van der Waals surface area (Å²) in [5.41, 5.74) is 0.566. The third-order valence-corrected chi connectivity index (χ3v) is 1.90. The van der Waals surface area contributed by atoms with Gasteiger partial charge >= 0.3 is 5.97 Å². The number of hydroxylamine groups is 1. The summed E-state index contributed by atoms with van der Waals surface area (Å²) in [7, 11) is 0. The van der Waals surface area contributed by atoms with Gasteiger partial charge in [-0.3, -0.25) is 4.79 Å². The average Bonchev–Trinajstić information content (AvgIpc) is 2.27. The van der Waals surface area contributed by atoms with Crippen molar-refractivity contribution >= 4 is 17.6 Å². The Morgan fingerprint density at radius 3 is 2.38 bits per heavy atom. The van der Waals surface area contributed by atoms with Crippen LogP contribution in [0.15, 0.2) is 30.3 Å². The summed E-state index contributed by atoms with van der Waals surface area (Å²) in [5, 5.41) is 1.05. The molecule has 0 radical (unpaired) electrons. The largest absolute Gasteiger partial charge is 0.334 e. The second kappa shape index (κ2) is 5.90. The molecule has 0 N–H and O–H groups in total. The van der Waals surface area contributed by atoms with Gasteiger partial charge in [-0.25, -0.2) is 4.79 Å². The van der Waals surface area contributed by atoms with E-state index in [0.29, 0.717) is 18.5 Å². The van der Waals surface area contributed by atoms with E-state index in [0.717, 1.165) is 5.06 Å². The summed E-state index contributed by atoms with van der Waals surface area (Å²) in [4.78, 5) is 27.5. The van der Waals surface area contributed by atoms with Crippen LogP contribution < -0.4 is 5.06 Å². The van der Waals surface area contributed by atoms with Crippen LogP contribution in [0.2, 0.25) is 0 Å². The van der Waals surface area contributed by atoms with Crippen LogP contribution in [0.5, 0.6) is 0 Å². The van der Waals surface area contributed by atoms with E-state index >= 15 is 0 Å². The van der Waals surface area contributed by atoms with Crippen molar-refractivity contribution in [3.63, 3.8) is 0 Å². The fourth-order valence-corrected chi connectivity index (χ4v) is 1.25. The third kappa shape index (κ3) is 3.38. The van der Waals surface area contributed by atoms with Crippen molar-refractivity contribution in [1.29, 1.82) is 0 Å². The second-order valence-electron chi connectivity index (χ2n) is 3.36. The molecule has 0 aliphatic heterocycles. The molecule has 0 aliphatic carbocycles. The second-order valence-corrected chi connectivity index (χ2v) is 3.36. The molecular formula is C12H15NO3. The van der Waals surface area contributed by atoms with Gasteiger partial charge in [0.2, 0.25) is 0 Å². The monoisotopic (exact) mass is 221 g/mol. The minimum atomic E-state index is -0.506. The highest BCUT2D eigenvalue weighted by Gasteiger charge is 2.17. The number of nitrogens with zero attached hydrogens (tertiary/aromatic N) is 1. The topological polar surface area (TPSA) is 46.6 Å². The van der Waals surface area contributed by atoms with E-state index in [9.17, 15) is 9.59 Å². The van der Waals surface area contributed by atoms with Crippen LogP contribution in [0.25, 0.3) is 0 Å². The molecule has 1 aromatic carbocycles. The fourth-order valence-electron chi connectivity index (χ4n) is 1.25. The quantitative estimate of drug-likeness (QED) is 0.736. The Morgan fingerprint density at radius 2 is 1.88 bits per heavy atom. The number of carbonyl (C=O) groups is 2. The van der Waals surface area contributed by atoms with Crippen LogP contribution in [-0.2, 0) is 14.4 Å². The lowest BCUT2D eigenvalue weighted by molar-refractivity contribution is -0.148. The zero-order chi connectivity index (χ0) is 12.0. The van der Waals surface area contributed by atoms with E-state index in [-0.39, 0.29) is 5.91 Å². The maximum Gasteiger partial charge on any atom is 0.330 e. The molecule has 4 heteroatoms. The number of anilines is 1. The molecule has 16 heavy (non-hydrogen) atoms. The molecule has 0 spiro atoms. The third-order valence-electron chi connectivity index (χ3n) is 1.90. The minimum Gasteiger partial charge on any atom is -0.334 e. The Balaban J connectivity index is 2.87. The van der Waals surface area contributed by atoms with Gasteiger partial charge in [0.15, 0.2) is 0 Å². The highest BCUT2D eigenvalue weighted by Crippen LogP contribution is 2.15. The smallest absolute Gasteiger partial charge is 0.330 e. The Morgan fingerprint density at radius 1 is 1.25 bits per heavy atom. The van der Waals surface area contributed by atoms with E-state index in [1.54, 1.807) is 24.3 Å². The van der Waals surface area contributed by atoms with Crippen molar-refractivity contribution in [1.82, 2.24) is 0 Å². The molecule has 0 unspecified atom stereocenters. The minimum absolute atomic E-state index is 0.219. The molecule has 0 saturated carbocycles. The average molecular weight is 221 g/mol. The molecule has 0 heterocycles. The van der Waals surface area contributed by atoms with Crippen molar-refractivity contribution in [2.45, 2.75) is 26.7 Å². The lowest BCUT2D eigenvalue weighted by Crippen LogP contribution is -2.32. The van der Waals surface area contributed by atoms with Gasteiger partial charge in [0.05, 0.1) is 5.69 Å². The number of hydrogen-bond acceptors (Lipinski definition) is 3. The number of rotatable bonds is 3. The van der Waals surface area contributed by atoms with Crippen LogP contribution in [0.4, 0.5) is 5.69 Å². The van der Waals surface area contributed by atoms with Gasteiger partial charge in [-0.15, -0.1) is 5.06 Å². The van der Waals surface area contributed by atoms with Gasteiger partial charge in [0.1, 0.15) is 0 Å². The molecule has 1 rings (SSSR count). The van der Waals surface area contributed by atoms with Gasteiger partial charge in [-0.05, 0) is 18.6 Å². The van der Waals surface area contributed by atoms with Gasteiger partial charge in [0.25, 0.3) is 5.91 Å². The first-order valence-corrected chi connectivity index (χ1v) is 5.21. The first kappa shape index (κ1) is 12.2. The number of carbonyl (C=O) groups excluding carboxylic acids is 2. The van der Waals surface area contributed by atoms with Crippen molar-refractivity contribution in [3.05, 3.63) is 30.3 Å². The normalized spacial score (nSPS) is 9.62. The summed E-state index contributed by atoms with van der Waals surface area (Å²) in [6.45, 7) is 3.17. The molecule has 86 valence electrons. The maximum absolute atomic E-state index is 11.7. The van der Waals surface area contributed by atoms with Crippen molar-refractivity contribution in [2.24, 2.45) is 0 Å². The highest BCUT2D eigenvalue weighted by molar-refractivity contribution is 5.93. The Bertz CT molecular complexity index is 362. The van der Waals surface area contributed by atoms with Gasteiger partial charge in [-0.2, -0.15) is 0 Å². The van der Waals surface area contributed by atoms with Crippen molar-refractivity contribution in [2.75, 3.05) is 5.06 Å². The van der Waals surface area contributed by atoms with E-state index in [1.165, 1.54) is 6.92 Å². The zero-order valence-corrected chi connectivity index (χ0v) is 9.47. The van der Waals surface area contributed by atoms with Gasteiger partial charge in [-0.1, -0.05) is 25.1 Å². The molecular weight excluding hydrogens is 206 g/mol. The standard InChI is InChI=1S/C12H15NO3/c1-3-7-12(15)13(16-10(2)14)11-8-5-4-6-9-11/h4-6,8-9H,3,7H2,1-2H3. The molecule has 0 atom stereocenters. The maximum atomic E-state index is 11.7. The SMILES string of the molecule is CCCC(=O)N(OC(C)=O)c1ccccc1. The van der Waals surface area contributed by atoms with E-state index in [1.807, 2.05) is 13.0 Å². The predicted molar refractivity (Wildman–Crippen MR) is 60.6 cm³/mol. The van der Waals surface area contributed by atoms with Crippen molar-refractivity contribution < 1.29 is 14.4 Å². The Hall–Kier alpha value is -1.84. The Labute approximate surface area is 94.8 Å². The van der Waals surface area contributed by atoms with Crippen LogP contribution in [0, 0.1) is 0 Å². The zero-order valence-electron chi connectivity index (χ0n) is 9.47. The first-order valence-electron chi connectivity index (χ1n) is 5.21. The lowest BCUT2D eigenvalue weighted by atomic mass is 10.3. The highest BCUT2D eigenvalue weighted by atomic mass is 16.7. The van der Waals surface area contributed by atoms with Crippen LogP contribution >= 0.6 is 0 Å². The van der Waals surface area contributed by atoms with E-state index in [2.05, 4.69) is 0 Å². The van der Waals surface area contributed by atoms with Crippen molar-refractivity contribution in [3.8, 4) is 0 Å². The molecule has 0 fully saturated rings. The molecule has 1 aromatic rings. The number of para-hydroxylation sites is 1. The molecule has 1 amide bonds. The number of amides is 1. The molecule has 4 nitrogen and oxygen atoms in total. The van der Waals surface area contributed by atoms with Gasteiger partial charge in [0, 0.05) is 13.3 Å². The van der Waals surface area contributed by atoms with Gasteiger partial charge < -0.3 is 4.84 Å². The molecule has 0 aromatic heterocycles. The summed E-state index contributed by atoms with van der Waals surface area (Å²) in [6, 6.07) is 8.84. The fraction of sp³-hybridized carbons (Fsp3) is 0.333. The summed E-state index contributed by atoms with van der Waals surface area (Å²) in [5.74, 6) is -0.725. The Kier molecular flexibility index (Phi) is 4.51.